The summed E-state index contributed by atoms with van der Waals surface area (Å²) in [5, 5.41) is 0. The molecule has 0 atom stereocenters. The van der Waals surface area contributed by atoms with Crippen LogP contribution in [-0.4, -0.2) is 13.4 Å². The van der Waals surface area contributed by atoms with Crippen LogP contribution >= 0.6 is 0 Å². The van der Waals surface area contributed by atoms with Crippen LogP contribution in [0.15, 0.2) is 42.5 Å². The second kappa shape index (κ2) is 5.96. The van der Waals surface area contributed by atoms with Crippen LogP contribution in [0, 0.1) is 5.82 Å². The van der Waals surface area contributed by atoms with E-state index in [0.717, 1.165) is 11.8 Å². The van der Waals surface area contributed by atoms with Crippen molar-refractivity contribution in [3.63, 3.8) is 0 Å². The lowest BCUT2D eigenvalue weighted by Gasteiger charge is -2.01. The molecule has 0 aliphatic heterocycles. The molecule has 2 aromatic rings. The molecule has 19 heavy (non-hydrogen) atoms. The lowest BCUT2D eigenvalue weighted by Crippen LogP contribution is -1.86. The number of carbonyl (C=O) groups is 1. The first-order valence-electron chi connectivity index (χ1n) is 5.79. The van der Waals surface area contributed by atoms with Gasteiger partial charge < -0.3 is 4.74 Å². The second-order valence-electron chi connectivity index (χ2n) is 4.05. The van der Waals surface area contributed by atoms with Gasteiger partial charge in [-0.2, -0.15) is 0 Å². The molecule has 0 aliphatic carbocycles. The van der Waals surface area contributed by atoms with Crippen molar-refractivity contribution in [3.05, 3.63) is 65.0 Å². The first-order valence-corrected chi connectivity index (χ1v) is 5.79. The maximum Gasteiger partial charge on any atom is 0.150 e. The zero-order valence-corrected chi connectivity index (χ0v) is 10.5. The van der Waals surface area contributed by atoms with E-state index in [1.165, 1.54) is 19.2 Å². The van der Waals surface area contributed by atoms with E-state index in [-0.39, 0.29) is 5.82 Å². The highest BCUT2D eigenvalue weighted by Crippen LogP contribution is 2.18. The van der Waals surface area contributed by atoms with Crippen molar-refractivity contribution in [2.75, 3.05) is 7.11 Å². The van der Waals surface area contributed by atoms with Crippen LogP contribution in [-0.2, 0) is 0 Å². The van der Waals surface area contributed by atoms with Gasteiger partial charge in [0, 0.05) is 11.6 Å². The van der Waals surface area contributed by atoms with E-state index < -0.39 is 0 Å². The quantitative estimate of drug-likeness (QED) is 0.614. The highest BCUT2D eigenvalue weighted by atomic mass is 19.1. The lowest BCUT2D eigenvalue weighted by atomic mass is 10.1. The predicted molar refractivity (Wildman–Crippen MR) is 73.7 cm³/mol. The molecule has 0 radical (unpaired) electrons. The zero-order chi connectivity index (χ0) is 13.7. The van der Waals surface area contributed by atoms with E-state index in [1.54, 1.807) is 30.3 Å². The second-order valence-corrected chi connectivity index (χ2v) is 4.05. The third-order valence-corrected chi connectivity index (χ3v) is 2.64. The van der Waals surface area contributed by atoms with Crippen LogP contribution in [0.25, 0.3) is 12.2 Å². The topological polar surface area (TPSA) is 26.3 Å². The minimum absolute atomic E-state index is 0.347. The summed E-state index contributed by atoms with van der Waals surface area (Å²) >= 11 is 0. The molecule has 2 nitrogen and oxygen atoms in total. The lowest BCUT2D eigenvalue weighted by molar-refractivity contribution is 0.112. The summed E-state index contributed by atoms with van der Waals surface area (Å²) in [6, 6.07) is 11.7. The van der Waals surface area contributed by atoms with Crippen molar-refractivity contribution < 1.29 is 13.9 Å². The number of carbonyl (C=O) groups excluding carboxylic acids is 1. The Morgan fingerprint density at radius 2 is 1.74 bits per heavy atom. The number of halogens is 1. The SMILES string of the molecule is COc1cc(F)cc(/C=C/c2cccc(C=O)c2)c1. The van der Waals surface area contributed by atoms with Crippen LogP contribution < -0.4 is 4.74 Å². The molecule has 0 heterocycles. The monoisotopic (exact) mass is 256 g/mol. The van der Waals surface area contributed by atoms with Crippen molar-refractivity contribution in [2.45, 2.75) is 0 Å². The number of hydrogen-bond acceptors (Lipinski definition) is 2. The Bertz CT molecular complexity index is 618. The molecule has 0 amide bonds. The van der Waals surface area contributed by atoms with Gasteiger partial charge in [0.1, 0.15) is 17.9 Å². The fraction of sp³-hybridized carbons (Fsp3) is 0.0625. The first kappa shape index (κ1) is 13.0. The fourth-order valence-electron chi connectivity index (χ4n) is 1.73. The summed E-state index contributed by atoms with van der Waals surface area (Å²) in [5.41, 5.74) is 2.19. The number of aldehydes is 1. The number of hydrogen-bond donors (Lipinski definition) is 0. The number of benzene rings is 2. The minimum atomic E-state index is -0.347. The normalized spacial score (nSPS) is 10.6. The smallest absolute Gasteiger partial charge is 0.150 e. The molecule has 2 aromatic carbocycles. The van der Waals surface area contributed by atoms with Gasteiger partial charge in [-0.15, -0.1) is 0 Å². The summed E-state index contributed by atoms with van der Waals surface area (Å²) in [5.74, 6) is 0.127. The van der Waals surface area contributed by atoms with Crippen molar-refractivity contribution in [3.8, 4) is 5.75 Å². The molecular formula is C16H13FO2. The number of rotatable bonds is 4. The van der Waals surface area contributed by atoms with E-state index in [4.69, 9.17) is 4.74 Å². The molecule has 0 N–H and O–H groups in total. The van der Waals surface area contributed by atoms with Gasteiger partial charge in [-0.1, -0.05) is 30.4 Å². The minimum Gasteiger partial charge on any atom is -0.497 e. The van der Waals surface area contributed by atoms with Gasteiger partial charge in [0.05, 0.1) is 7.11 Å². The Morgan fingerprint density at radius 1 is 1.00 bits per heavy atom. The predicted octanol–water partition coefficient (Wildman–Crippen LogP) is 3.82. The van der Waals surface area contributed by atoms with Gasteiger partial charge in [0.25, 0.3) is 0 Å². The van der Waals surface area contributed by atoms with Crippen LogP contribution in [0.5, 0.6) is 5.75 Å². The average Bonchev–Trinajstić information content (AvgIpc) is 2.44. The highest BCUT2D eigenvalue weighted by molar-refractivity contribution is 5.78. The van der Waals surface area contributed by atoms with Crippen molar-refractivity contribution in [1.82, 2.24) is 0 Å². The van der Waals surface area contributed by atoms with Crippen LogP contribution in [0.4, 0.5) is 4.39 Å². The molecule has 0 bridgehead atoms. The molecule has 0 spiro atoms. The summed E-state index contributed by atoms with van der Waals surface area (Å²) in [6.07, 6.45) is 4.39. The Labute approximate surface area is 111 Å². The van der Waals surface area contributed by atoms with Crippen LogP contribution in [0.1, 0.15) is 21.5 Å². The summed E-state index contributed by atoms with van der Waals surface area (Å²) < 4.78 is 18.3. The largest absolute Gasteiger partial charge is 0.497 e. The third kappa shape index (κ3) is 3.52. The van der Waals surface area contributed by atoms with Gasteiger partial charge in [0.15, 0.2) is 0 Å². The number of ether oxygens (including phenoxy) is 1. The maximum atomic E-state index is 13.3. The van der Waals surface area contributed by atoms with Crippen molar-refractivity contribution in [2.24, 2.45) is 0 Å². The molecule has 0 aliphatic rings. The van der Waals surface area contributed by atoms with Crippen molar-refractivity contribution in [1.29, 1.82) is 0 Å². The molecule has 0 aromatic heterocycles. The van der Waals surface area contributed by atoms with Gasteiger partial charge in [0.2, 0.25) is 0 Å². The average molecular weight is 256 g/mol. The number of methoxy groups -OCH3 is 1. The van der Waals surface area contributed by atoms with Gasteiger partial charge in [-0.05, 0) is 29.3 Å². The first-order chi connectivity index (χ1) is 9.21. The summed E-state index contributed by atoms with van der Waals surface area (Å²) in [7, 11) is 1.50. The van der Waals surface area contributed by atoms with E-state index in [1.807, 2.05) is 12.1 Å². The molecule has 0 saturated carbocycles. The Kier molecular flexibility index (Phi) is 4.08. The highest BCUT2D eigenvalue weighted by Gasteiger charge is 1.98. The van der Waals surface area contributed by atoms with Crippen LogP contribution in [0.2, 0.25) is 0 Å². The maximum absolute atomic E-state index is 13.3. The van der Waals surface area contributed by atoms with Crippen molar-refractivity contribution >= 4 is 18.4 Å². The molecule has 2 rings (SSSR count). The molecule has 0 unspecified atom stereocenters. The third-order valence-electron chi connectivity index (χ3n) is 2.64. The summed E-state index contributed by atoms with van der Waals surface area (Å²) in [6.45, 7) is 0. The summed E-state index contributed by atoms with van der Waals surface area (Å²) in [4.78, 5) is 10.7. The van der Waals surface area contributed by atoms with Crippen LogP contribution in [0.3, 0.4) is 0 Å². The van der Waals surface area contributed by atoms with Gasteiger partial charge in [-0.25, -0.2) is 4.39 Å². The fourth-order valence-corrected chi connectivity index (χ4v) is 1.73. The molecule has 3 heteroatoms. The van der Waals surface area contributed by atoms with E-state index in [0.29, 0.717) is 16.9 Å². The Hall–Kier alpha value is -2.42. The Morgan fingerprint density at radius 3 is 2.47 bits per heavy atom. The Balaban J connectivity index is 2.26. The van der Waals surface area contributed by atoms with E-state index >= 15 is 0 Å². The molecule has 96 valence electrons. The molecule has 0 saturated heterocycles. The molecule has 0 fully saturated rings. The van der Waals surface area contributed by atoms with E-state index in [9.17, 15) is 9.18 Å². The standard InChI is InChI=1S/C16H13FO2/c1-19-16-9-13(8-15(17)10-16)6-5-12-3-2-4-14(7-12)11-18/h2-11H,1H3/b6-5+. The van der Waals surface area contributed by atoms with Gasteiger partial charge in [-0.3, -0.25) is 4.79 Å². The molecular weight excluding hydrogens is 243 g/mol. The zero-order valence-electron chi connectivity index (χ0n) is 10.5. The van der Waals surface area contributed by atoms with E-state index in [2.05, 4.69) is 0 Å². The van der Waals surface area contributed by atoms with Gasteiger partial charge >= 0.3 is 0 Å².